The average Bonchev–Trinajstić information content (AvgIpc) is 3.03. The van der Waals surface area contributed by atoms with Crippen molar-refractivity contribution in [3.63, 3.8) is 0 Å². The van der Waals surface area contributed by atoms with Gasteiger partial charge in [-0.3, -0.25) is 10.1 Å². The van der Waals surface area contributed by atoms with Gasteiger partial charge in [-0.1, -0.05) is 0 Å². The number of nitrogens with one attached hydrogen (secondary N) is 2. The summed E-state index contributed by atoms with van der Waals surface area (Å²) < 4.78 is 23.4. The maximum Gasteiger partial charge on any atom is 0.375 e. The molecule has 0 saturated carbocycles. The lowest BCUT2D eigenvalue weighted by Gasteiger charge is -2.21. The van der Waals surface area contributed by atoms with Gasteiger partial charge in [0.25, 0.3) is 5.91 Å². The highest BCUT2D eigenvalue weighted by atomic mass is 19.1. The summed E-state index contributed by atoms with van der Waals surface area (Å²) in [6.45, 7) is 6.61. The Labute approximate surface area is 155 Å². The maximum absolute atomic E-state index is 13.0. The average molecular weight is 376 g/mol. The number of hydrogen-bond donors (Lipinski definition) is 2. The number of carbonyl (C=O) groups excluding carboxylic acids is 3. The summed E-state index contributed by atoms with van der Waals surface area (Å²) in [6.07, 6.45) is -1.21. The van der Waals surface area contributed by atoms with Gasteiger partial charge in [0.05, 0.1) is 0 Å². The minimum Gasteiger partial charge on any atom is -0.449 e. The van der Waals surface area contributed by atoms with E-state index in [1.54, 1.807) is 20.8 Å². The molecule has 1 aromatic carbocycles. The molecule has 0 aliphatic heterocycles. The molecule has 2 aromatic rings. The SMILES string of the molecule is C[C@H](OC(=O)c1ccc(-c2ccc(F)cc2)o1)C(=O)NC(=O)NC(C)(C)C. The summed E-state index contributed by atoms with van der Waals surface area (Å²) in [5.41, 5.74) is 0.0648. The summed E-state index contributed by atoms with van der Waals surface area (Å²) in [5, 5.41) is 4.66. The molecular weight excluding hydrogens is 355 g/mol. The number of carbonyl (C=O) groups is 3. The molecule has 0 radical (unpaired) electrons. The van der Waals surface area contributed by atoms with Gasteiger partial charge in [-0.15, -0.1) is 0 Å². The molecule has 8 heteroatoms. The number of furan rings is 1. The Morgan fingerprint density at radius 2 is 1.70 bits per heavy atom. The van der Waals surface area contributed by atoms with Crippen molar-refractivity contribution >= 4 is 17.9 Å². The van der Waals surface area contributed by atoms with Gasteiger partial charge in [-0.25, -0.2) is 14.0 Å². The van der Waals surface area contributed by atoms with Gasteiger partial charge >= 0.3 is 12.0 Å². The number of rotatable bonds is 4. The minimum atomic E-state index is -1.21. The summed E-state index contributed by atoms with van der Waals surface area (Å²) in [5.74, 6) is -1.78. The van der Waals surface area contributed by atoms with Crippen LogP contribution >= 0.6 is 0 Å². The first-order chi connectivity index (χ1) is 12.5. The zero-order valence-electron chi connectivity index (χ0n) is 15.5. The Morgan fingerprint density at radius 1 is 1.07 bits per heavy atom. The van der Waals surface area contributed by atoms with Gasteiger partial charge in [0.15, 0.2) is 6.10 Å². The molecule has 1 atom stereocenters. The molecule has 0 aliphatic carbocycles. The topological polar surface area (TPSA) is 97.6 Å². The van der Waals surface area contributed by atoms with Gasteiger partial charge < -0.3 is 14.5 Å². The Hall–Kier alpha value is -3.16. The fourth-order valence-electron chi connectivity index (χ4n) is 2.07. The first-order valence-corrected chi connectivity index (χ1v) is 8.25. The summed E-state index contributed by atoms with van der Waals surface area (Å²) in [4.78, 5) is 35.8. The van der Waals surface area contributed by atoms with Crippen molar-refractivity contribution in [1.82, 2.24) is 10.6 Å². The normalized spacial score (nSPS) is 12.2. The predicted molar refractivity (Wildman–Crippen MR) is 95.4 cm³/mol. The second kappa shape index (κ2) is 8.03. The number of urea groups is 1. The van der Waals surface area contributed by atoms with E-state index in [9.17, 15) is 18.8 Å². The smallest absolute Gasteiger partial charge is 0.375 e. The molecule has 1 aromatic heterocycles. The number of imide groups is 1. The van der Waals surface area contributed by atoms with Crippen LogP contribution in [-0.2, 0) is 9.53 Å². The van der Waals surface area contributed by atoms with E-state index in [1.165, 1.54) is 43.3 Å². The zero-order chi connectivity index (χ0) is 20.2. The fourth-order valence-corrected chi connectivity index (χ4v) is 2.07. The Kier molecular flexibility index (Phi) is 5.99. The Morgan fingerprint density at radius 3 is 2.30 bits per heavy atom. The molecular formula is C19H21FN2O5. The summed E-state index contributed by atoms with van der Waals surface area (Å²) in [6, 6.07) is 7.78. The lowest BCUT2D eigenvalue weighted by molar-refractivity contribution is -0.128. The van der Waals surface area contributed by atoms with Gasteiger partial charge in [0, 0.05) is 11.1 Å². The van der Waals surface area contributed by atoms with Crippen molar-refractivity contribution in [3.05, 3.63) is 48.0 Å². The molecule has 0 spiro atoms. The Balaban J connectivity index is 1.95. The molecule has 0 fully saturated rings. The third kappa shape index (κ3) is 5.95. The molecule has 0 bridgehead atoms. The molecule has 0 saturated heterocycles. The Bertz CT molecular complexity index is 837. The third-order valence-electron chi connectivity index (χ3n) is 3.31. The second-order valence-electron chi connectivity index (χ2n) is 6.91. The molecule has 2 rings (SSSR count). The number of hydrogen-bond acceptors (Lipinski definition) is 5. The highest BCUT2D eigenvalue weighted by Crippen LogP contribution is 2.23. The first kappa shape index (κ1) is 20.2. The van der Waals surface area contributed by atoms with Crippen molar-refractivity contribution in [3.8, 4) is 11.3 Å². The molecule has 7 nitrogen and oxygen atoms in total. The molecule has 0 aliphatic rings. The van der Waals surface area contributed by atoms with Crippen molar-refractivity contribution in [2.24, 2.45) is 0 Å². The van der Waals surface area contributed by atoms with Crippen LogP contribution in [0.3, 0.4) is 0 Å². The number of ether oxygens (including phenoxy) is 1. The van der Waals surface area contributed by atoms with Crippen LogP contribution < -0.4 is 10.6 Å². The van der Waals surface area contributed by atoms with Crippen LogP contribution in [0.25, 0.3) is 11.3 Å². The number of amides is 3. The van der Waals surface area contributed by atoms with Crippen molar-refractivity contribution in [2.45, 2.75) is 39.3 Å². The van der Waals surface area contributed by atoms with E-state index in [0.29, 0.717) is 11.3 Å². The second-order valence-corrected chi connectivity index (χ2v) is 6.91. The van der Waals surface area contributed by atoms with Crippen molar-refractivity contribution < 1.29 is 27.9 Å². The van der Waals surface area contributed by atoms with E-state index < -0.39 is 29.6 Å². The van der Waals surface area contributed by atoms with Crippen molar-refractivity contribution in [1.29, 1.82) is 0 Å². The van der Waals surface area contributed by atoms with Crippen LogP contribution in [0.2, 0.25) is 0 Å². The van der Waals surface area contributed by atoms with E-state index in [-0.39, 0.29) is 11.6 Å². The molecule has 3 amide bonds. The lowest BCUT2D eigenvalue weighted by Crippen LogP contribution is -2.50. The largest absolute Gasteiger partial charge is 0.449 e. The van der Waals surface area contributed by atoms with Crippen LogP contribution in [0.1, 0.15) is 38.2 Å². The summed E-state index contributed by atoms with van der Waals surface area (Å²) in [7, 11) is 0. The van der Waals surface area contributed by atoms with Crippen LogP contribution in [0.5, 0.6) is 0 Å². The van der Waals surface area contributed by atoms with E-state index in [0.717, 1.165) is 0 Å². The zero-order valence-corrected chi connectivity index (χ0v) is 15.5. The minimum absolute atomic E-state index is 0.117. The van der Waals surface area contributed by atoms with Gasteiger partial charge in [0.2, 0.25) is 5.76 Å². The van der Waals surface area contributed by atoms with Crippen molar-refractivity contribution in [2.75, 3.05) is 0 Å². The molecule has 0 unspecified atom stereocenters. The standard InChI is InChI=1S/C19H21FN2O5/c1-11(16(23)21-18(25)22-19(2,3)4)26-17(24)15-10-9-14(27-15)12-5-7-13(20)8-6-12/h5-11H,1-4H3,(H2,21,22,23,25)/t11-/m0/s1. The van der Waals surface area contributed by atoms with E-state index >= 15 is 0 Å². The van der Waals surface area contributed by atoms with E-state index in [4.69, 9.17) is 9.15 Å². The highest BCUT2D eigenvalue weighted by Gasteiger charge is 2.24. The van der Waals surface area contributed by atoms with Crippen LogP contribution in [-0.4, -0.2) is 29.6 Å². The molecule has 1 heterocycles. The van der Waals surface area contributed by atoms with Crippen LogP contribution in [0.4, 0.5) is 9.18 Å². The number of benzene rings is 1. The first-order valence-electron chi connectivity index (χ1n) is 8.25. The summed E-state index contributed by atoms with van der Waals surface area (Å²) >= 11 is 0. The molecule has 144 valence electrons. The monoisotopic (exact) mass is 376 g/mol. The van der Waals surface area contributed by atoms with Crippen LogP contribution in [0.15, 0.2) is 40.8 Å². The highest BCUT2D eigenvalue weighted by molar-refractivity contribution is 5.98. The quantitative estimate of drug-likeness (QED) is 0.798. The van der Waals surface area contributed by atoms with Crippen LogP contribution in [0, 0.1) is 5.82 Å². The van der Waals surface area contributed by atoms with Gasteiger partial charge in [-0.2, -0.15) is 0 Å². The number of halogens is 1. The fraction of sp³-hybridized carbons (Fsp3) is 0.316. The lowest BCUT2D eigenvalue weighted by atomic mass is 10.1. The van der Waals surface area contributed by atoms with Gasteiger partial charge in [0.1, 0.15) is 11.6 Å². The van der Waals surface area contributed by atoms with Gasteiger partial charge in [-0.05, 0) is 64.1 Å². The van der Waals surface area contributed by atoms with E-state index in [1.807, 2.05) is 0 Å². The third-order valence-corrected chi connectivity index (χ3v) is 3.31. The molecule has 27 heavy (non-hydrogen) atoms. The molecule has 2 N–H and O–H groups in total. The van der Waals surface area contributed by atoms with E-state index in [2.05, 4.69) is 10.6 Å². The predicted octanol–water partition coefficient (Wildman–Crippen LogP) is 3.26. The maximum atomic E-state index is 13.0. The number of esters is 1.